The monoisotopic (exact) mass is 1110 g/mol. The minimum Gasteiger partial charge on any atom is -0.460 e. The normalized spacial score (nSPS) is 26.9. The van der Waals surface area contributed by atoms with Gasteiger partial charge in [-0.15, -0.1) is 0 Å². The molecule has 24 heteroatoms. The van der Waals surface area contributed by atoms with E-state index in [1.165, 1.54) is 6.92 Å². The molecule has 1 fully saturated rings. The highest BCUT2D eigenvalue weighted by molar-refractivity contribution is 5.98. The highest BCUT2D eigenvalue weighted by Gasteiger charge is 2.39. The Morgan fingerprint density at radius 1 is 0.481 bits per heavy atom. The van der Waals surface area contributed by atoms with Crippen molar-refractivity contribution >= 4 is 59.1 Å². The lowest BCUT2D eigenvalue weighted by Gasteiger charge is -2.30. The lowest BCUT2D eigenvalue weighted by atomic mass is 9.96. The first-order valence-corrected chi connectivity index (χ1v) is 28.0. The summed E-state index contributed by atoms with van der Waals surface area (Å²) < 4.78 is 5.85. The molecule has 446 valence electrons. The average Bonchev–Trinajstić information content (AvgIpc) is 3.38. The van der Waals surface area contributed by atoms with E-state index in [-0.39, 0.29) is 70.0 Å². The Morgan fingerprint density at radius 2 is 0.861 bits per heavy atom. The number of nitrogens with one attached hydrogen (secondary N) is 9. The first-order chi connectivity index (χ1) is 37.2. The van der Waals surface area contributed by atoms with Gasteiger partial charge in [-0.1, -0.05) is 112 Å². The molecule has 13 unspecified atom stereocenters. The molecule has 24 nitrogen and oxygen atoms in total. The van der Waals surface area contributed by atoms with Gasteiger partial charge in [-0.25, -0.2) is 4.79 Å². The number of hydrogen-bond donors (Lipinski definition) is 13. The molecular weight excluding hydrogens is 1020 g/mol. The van der Waals surface area contributed by atoms with Crippen LogP contribution in [0.2, 0.25) is 0 Å². The van der Waals surface area contributed by atoms with Crippen molar-refractivity contribution in [3.05, 3.63) is 35.9 Å². The Bertz CT molecular complexity index is 2160. The predicted octanol–water partition coefficient (Wildman–Crippen LogP) is -0.825. The van der Waals surface area contributed by atoms with Crippen LogP contribution in [0.15, 0.2) is 30.3 Å². The van der Waals surface area contributed by atoms with Crippen LogP contribution < -0.4 is 65.1 Å². The van der Waals surface area contributed by atoms with E-state index in [0.29, 0.717) is 18.4 Å². The summed E-state index contributed by atoms with van der Waals surface area (Å²) in [6, 6.07) is -3.33. The Morgan fingerprint density at radius 3 is 1.33 bits per heavy atom. The quantitative estimate of drug-likeness (QED) is 0.0799. The second-order valence-corrected chi connectivity index (χ2v) is 22.0. The van der Waals surface area contributed by atoms with E-state index < -0.39 is 150 Å². The van der Waals surface area contributed by atoms with Gasteiger partial charge in [-0.3, -0.25) is 43.2 Å². The van der Waals surface area contributed by atoms with Crippen molar-refractivity contribution in [2.45, 2.75) is 201 Å². The minimum absolute atomic E-state index is 0.0485. The standard InChI is InChI=1S/C55H94N12O12/c1-12-32(9)42-28-43(69)59-36(19-22-56)48(71)66-45(33(10)13-2)54(77)61-37(20-23-57)47(70)63-41(27-35-17-15-14-16-18-35)51(74)62-39(25-29(3)4)50(73)60-38(21-24-58)49(72)65-44(31(7)8)53(76)64-40(26-30(5)6)52(75)67-46(34(11)68)55(78)79-42/h14-18,29-34,36-42,44-46,68H,12-13,19-28,56-58H2,1-11H3,(H,59,69)(H,60,73)(H,61,77)(H,62,74)(H,63,70)(H,64,76)(H,65,72)(H,66,71)(H,67,75). The van der Waals surface area contributed by atoms with E-state index in [4.69, 9.17) is 21.9 Å². The number of aliphatic hydroxyl groups is 1. The number of amides is 9. The molecule has 0 aromatic heterocycles. The lowest BCUT2D eigenvalue weighted by Crippen LogP contribution is -2.62. The molecule has 1 aliphatic rings. The zero-order chi connectivity index (χ0) is 59.7. The van der Waals surface area contributed by atoms with Crippen LogP contribution in [-0.2, 0) is 59.1 Å². The van der Waals surface area contributed by atoms with Gasteiger partial charge in [0.2, 0.25) is 53.2 Å². The molecule has 0 aliphatic carbocycles. The molecular formula is C55H94N12O12. The van der Waals surface area contributed by atoms with Crippen molar-refractivity contribution in [3.8, 4) is 0 Å². The molecule has 2 rings (SSSR count). The molecule has 9 amide bonds. The highest BCUT2D eigenvalue weighted by atomic mass is 16.5. The molecule has 1 saturated heterocycles. The molecule has 1 aromatic carbocycles. The molecule has 0 spiro atoms. The zero-order valence-electron chi connectivity index (χ0n) is 48.3. The molecule has 13 atom stereocenters. The van der Waals surface area contributed by atoms with Crippen molar-refractivity contribution in [3.63, 3.8) is 0 Å². The van der Waals surface area contributed by atoms with Crippen LogP contribution in [0.1, 0.15) is 133 Å². The fourth-order valence-electron chi connectivity index (χ4n) is 8.77. The van der Waals surface area contributed by atoms with Crippen molar-refractivity contribution in [2.24, 2.45) is 46.8 Å². The zero-order valence-corrected chi connectivity index (χ0v) is 48.3. The fourth-order valence-corrected chi connectivity index (χ4v) is 8.77. The van der Waals surface area contributed by atoms with Gasteiger partial charge >= 0.3 is 5.97 Å². The third kappa shape index (κ3) is 23.2. The second kappa shape index (κ2) is 34.7. The van der Waals surface area contributed by atoms with Gasteiger partial charge in [0.15, 0.2) is 6.04 Å². The van der Waals surface area contributed by atoms with Gasteiger partial charge in [-0.05, 0) is 93.8 Å². The van der Waals surface area contributed by atoms with Gasteiger partial charge in [0.25, 0.3) is 0 Å². The van der Waals surface area contributed by atoms with Gasteiger partial charge in [0, 0.05) is 6.42 Å². The molecule has 1 aromatic rings. The SMILES string of the molecule is CCC(C)C1CC(=O)NC(CCN)C(=O)NC(C(C)CC)C(=O)NC(CCN)C(=O)NC(Cc2ccccc2)C(=O)NC(CC(C)C)C(=O)NC(CCN)C(=O)NC(C(C)C)C(=O)NC(CC(C)C)C(=O)NC(C(C)O)C(=O)O1. The molecule has 0 saturated carbocycles. The molecule has 0 radical (unpaired) electrons. The summed E-state index contributed by atoms with van der Waals surface area (Å²) in [6.45, 7) is 18.5. The number of esters is 1. The molecule has 1 heterocycles. The lowest BCUT2D eigenvalue weighted by molar-refractivity contribution is -0.160. The maximum atomic E-state index is 14.5. The predicted molar refractivity (Wildman–Crippen MR) is 297 cm³/mol. The van der Waals surface area contributed by atoms with E-state index in [1.54, 1.807) is 85.7 Å². The van der Waals surface area contributed by atoms with Crippen molar-refractivity contribution in [1.29, 1.82) is 0 Å². The van der Waals surface area contributed by atoms with Gasteiger partial charge in [0.05, 0.1) is 12.5 Å². The van der Waals surface area contributed by atoms with E-state index in [2.05, 4.69) is 47.9 Å². The molecule has 1 aliphatic heterocycles. The molecule has 16 N–H and O–H groups in total. The van der Waals surface area contributed by atoms with Crippen LogP contribution in [0.4, 0.5) is 0 Å². The molecule has 79 heavy (non-hydrogen) atoms. The first-order valence-electron chi connectivity index (χ1n) is 28.0. The van der Waals surface area contributed by atoms with Gasteiger partial charge in [0.1, 0.15) is 54.4 Å². The topological polar surface area (TPSA) is 386 Å². The summed E-state index contributed by atoms with van der Waals surface area (Å²) in [5, 5.41) is 35.1. The number of benzene rings is 1. The number of cyclic esters (lactones) is 1. The van der Waals surface area contributed by atoms with Crippen LogP contribution in [0, 0.1) is 29.6 Å². The Kier molecular flexibility index (Phi) is 30.2. The van der Waals surface area contributed by atoms with Crippen LogP contribution in [0.25, 0.3) is 0 Å². The van der Waals surface area contributed by atoms with Gasteiger partial charge < -0.3 is 74.9 Å². The highest BCUT2D eigenvalue weighted by Crippen LogP contribution is 2.19. The average molecular weight is 1120 g/mol. The Hall–Kier alpha value is -6.24. The summed E-state index contributed by atoms with van der Waals surface area (Å²) in [4.78, 5) is 142. The number of ether oxygens (including phenoxy) is 1. The Labute approximate surface area is 466 Å². The smallest absolute Gasteiger partial charge is 0.331 e. The van der Waals surface area contributed by atoms with Crippen molar-refractivity contribution in [2.75, 3.05) is 19.6 Å². The summed E-state index contributed by atoms with van der Waals surface area (Å²) in [5.74, 6) is -10.1. The maximum absolute atomic E-state index is 14.5. The third-order valence-electron chi connectivity index (χ3n) is 13.9. The van der Waals surface area contributed by atoms with E-state index in [0.717, 1.165) is 0 Å². The van der Waals surface area contributed by atoms with Crippen molar-refractivity contribution < 1.29 is 57.8 Å². The minimum atomic E-state index is -1.69. The second-order valence-electron chi connectivity index (χ2n) is 22.0. The van der Waals surface area contributed by atoms with E-state index >= 15 is 0 Å². The number of nitrogens with two attached hydrogens (primary N) is 3. The van der Waals surface area contributed by atoms with Crippen LogP contribution in [0.3, 0.4) is 0 Å². The summed E-state index contributed by atoms with van der Waals surface area (Å²) >= 11 is 0. The Balaban J connectivity index is 2.84. The van der Waals surface area contributed by atoms with Crippen LogP contribution in [0.5, 0.6) is 0 Å². The van der Waals surface area contributed by atoms with E-state index in [1.807, 2.05) is 13.8 Å². The number of carbonyl (C=O) groups excluding carboxylic acids is 10. The number of hydrogen-bond acceptors (Lipinski definition) is 15. The third-order valence-corrected chi connectivity index (χ3v) is 13.9. The van der Waals surface area contributed by atoms with Crippen molar-refractivity contribution in [1.82, 2.24) is 47.9 Å². The largest absolute Gasteiger partial charge is 0.460 e. The number of aliphatic hydroxyl groups excluding tert-OH is 1. The number of rotatable bonds is 18. The summed E-state index contributed by atoms with van der Waals surface area (Å²) in [7, 11) is 0. The summed E-state index contributed by atoms with van der Waals surface area (Å²) in [6.07, 6.45) is -2.56. The first kappa shape index (κ1) is 68.9. The van der Waals surface area contributed by atoms with E-state index in [9.17, 15) is 53.1 Å². The van der Waals surface area contributed by atoms with Crippen LogP contribution in [-0.4, -0.2) is 150 Å². The number of carbonyl (C=O) groups is 10. The fraction of sp³-hybridized carbons (Fsp3) is 0.709. The van der Waals surface area contributed by atoms with Crippen LogP contribution >= 0.6 is 0 Å². The maximum Gasteiger partial charge on any atom is 0.331 e. The molecule has 0 bridgehead atoms. The summed E-state index contributed by atoms with van der Waals surface area (Å²) in [5.41, 5.74) is 18.5. The van der Waals surface area contributed by atoms with Gasteiger partial charge in [-0.2, -0.15) is 0 Å².